The fraction of sp³-hybridized carbons (Fsp3) is 0.333. The molecule has 7 heteroatoms. The Hall–Kier alpha value is -3.61. The number of benzene rings is 2. The van der Waals surface area contributed by atoms with Crippen LogP contribution in [0.3, 0.4) is 0 Å². The summed E-state index contributed by atoms with van der Waals surface area (Å²) in [6, 6.07) is 17.2. The van der Waals surface area contributed by atoms with E-state index in [0.29, 0.717) is 22.4 Å². The molecule has 37 heavy (non-hydrogen) atoms. The van der Waals surface area contributed by atoms with E-state index in [1.165, 1.54) is 12.1 Å². The van der Waals surface area contributed by atoms with E-state index < -0.39 is 11.7 Å². The average Bonchev–Trinajstić information content (AvgIpc) is 3.46. The molecule has 1 amide bonds. The molecule has 1 aliphatic rings. The minimum atomic E-state index is -4.38. The molecule has 1 atom stereocenters. The number of pyridine rings is 1. The van der Waals surface area contributed by atoms with Crippen LogP contribution in [0, 0.1) is 5.92 Å². The van der Waals surface area contributed by atoms with Gasteiger partial charge in [0.25, 0.3) is 5.91 Å². The molecule has 0 spiro atoms. The summed E-state index contributed by atoms with van der Waals surface area (Å²) in [5.41, 5.74) is 2.52. The molecule has 1 unspecified atom stereocenters. The molecule has 1 aliphatic carbocycles. The first-order chi connectivity index (χ1) is 17.8. The lowest BCUT2D eigenvalue weighted by Gasteiger charge is -2.34. The van der Waals surface area contributed by atoms with Gasteiger partial charge in [-0.3, -0.25) is 9.78 Å². The Morgan fingerprint density at radius 3 is 2.38 bits per heavy atom. The fourth-order valence-corrected chi connectivity index (χ4v) is 5.63. The van der Waals surface area contributed by atoms with Crippen LogP contribution in [-0.2, 0) is 6.18 Å². The van der Waals surface area contributed by atoms with E-state index in [1.807, 2.05) is 59.4 Å². The zero-order valence-electron chi connectivity index (χ0n) is 20.7. The van der Waals surface area contributed by atoms with E-state index in [9.17, 15) is 18.0 Å². The number of rotatable bonds is 6. The standard InChI is InChI=1S/C30H30F3N3O/c1-2-27(35-29(37)22-9-12-24(13-10-22)36-17-3-4-18-36)21-7-5-20(6-8-21)25-15-16-34-28-14-11-23(19-26(25)28)30(31,32)33/h3-4,9-21,27H,2,5-8H2,1H3,(H,35,37). The molecule has 192 valence electrons. The Balaban J connectivity index is 1.25. The molecule has 0 aliphatic heterocycles. The first kappa shape index (κ1) is 25.1. The lowest BCUT2D eigenvalue weighted by molar-refractivity contribution is -0.137. The van der Waals surface area contributed by atoms with Gasteiger partial charge in [0.2, 0.25) is 0 Å². The van der Waals surface area contributed by atoms with Gasteiger partial charge in [-0.05, 0) is 110 Å². The smallest absolute Gasteiger partial charge is 0.349 e. The second-order valence-corrected chi connectivity index (χ2v) is 9.87. The van der Waals surface area contributed by atoms with Crippen molar-refractivity contribution in [1.82, 2.24) is 14.9 Å². The van der Waals surface area contributed by atoms with Crippen molar-refractivity contribution >= 4 is 16.8 Å². The normalized spacial score (nSPS) is 19.0. The van der Waals surface area contributed by atoms with Crippen LogP contribution in [0.25, 0.3) is 16.6 Å². The van der Waals surface area contributed by atoms with Gasteiger partial charge in [0.1, 0.15) is 0 Å². The Bertz CT molecular complexity index is 1360. The summed E-state index contributed by atoms with van der Waals surface area (Å²) in [5.74, 6) is 0.440. The van der Waals surface area contributed by atoms with Crippen LogP contribution < -0.4 is 5.32 Å². The van der Waals surface area contributed by atoms with Crippen molar-refractivity contribution in [3.63, 3.8) is 0 Å². The highest BCUT2D eigenvalue weighted by Crippen LogP contribution is 2.41. The SMILES string of the molecule is CCC(NC(=O)c1ccc(-n2cccc2)cc1)C1CCC(c2ccnc3ccc(C(F)(F)F)cc23)CC1. The number of aromatic nitrogens is 2. The number of nitrogens with one attached hydrogen (secondary N) is 1. The van der Waals surface area contributed by atoms with Gasteiger partial charge in [-0.2, -0.15) is 13.2 Å². The third-order valence-corrected chi connectivity index (χ3v) is 7.67. The number of carbonyl (C=O) groups is 1. The second kappa shape index (κ2) is 10.4. The summed E-state index contributed by atoms with van der Waals surface area (Å²) >= 11 is 0. The summed E-state index contributed by atoms with van der Waals surface area (Å²) in [5, 5.41) is 3.82. The molecule has 1 fully saturated rings. The lowest BCUT2D eigenvalue weighted by Crippen LogP contribution is -2.41. The number of hydrogen-bond acceptors (Lipinski definition) is 2. The molecule has 1 saturated carbocycles. The molecular formula is C30H30F3N3O. The number of amides is 1. The van der Waals surface area contributed by atoms with Gasteiger partial charge in [-0.1, -0.05) is 6.92 Å². The maximum Gasteiger partial charge on any atom is 0.416 e. The van der Waals surface area contributed by atoms with Gasteiger partial charge in [0.15, 0.2) is 0 Å². The topological polar surface area (TPSA) is 46.9 Å². The largest absolute Gasteiger partial charge is 0.416 e. The molecule has 0 bridgehead atoms. The lowest BCUT2D eigenvalue weighted by atomic mass is 9.75. The summed E-state index contributed by atoms with van der Waals surface area (Å²) in [6.45, 7) is 2.08. The summed E-state index contributed by atoms with van der Waals surface area (Å²) in [7, 11) is 0. The van der Waals surface area contributed by atoms with Crippen LogP contribution in [-0.4, -0.2) is 21.5 Å². The molecule has 1 N–H and O–H groups in total. The Labute approximate surface area is 214 Å². The van der Waals surface area contributed by atoms with Gasteiger partial charge in [0.05, 0.1) is 11.1 Å². The first-order valence-electron chi connectivity index (χ1n) is 12.8. The van der Waals surface area contributed by atoms with Crippen LogP contribution in [0.1, 0.15) is 66.4 Å². The molecule has 5 rings (SSSR count). The minimum absolute atomic E-state index is 0.0589. The quantitative estimate of drug-likeness (QED) is 0.294. The third-order valence-electron chi connectivity index (χ3n) is 7.67. The average molecular weight is 506 g/mol. The van der Waals surface area contributed by atoms with Crippen LogP contribution in [0.5, 0.6) is 0 Å². The van der Waals surface area contributed by atoms with Crippen LogP contribution in [0.2, 0.25) is 0 Å². The number of carbonyl (C=O) groups excluding carboxylic acids is 1. The van der Waals surface area contributed by atoms with Gasteiger partial charge >= 0.3 is 6.18 Å². The van der Waals surface area contributed by atoms with E-state index in [-0.39, 0.29) is 17.9 Å². The van der Waals surface area contributed by atoms with Crippen LogP contribution in [0.15, 0.2) is 79.3 Å². The molecule has 0 saturated heterocycles. The van der Waals surface area contributed by atoms with E-state index in [2.05, 4.69) is 17.2 Å². The first-order valence-corrected chi connectivity index (χ1v) is 12.8. The Morgan fingerprint density at radius 2 is 1.73 bits per heavy atom. The van der Waals surface area contributed by atoms with Crippen molar-refractivity contribution in [3.05, 3.63) is 95.9 Å². The van der Waals surface area contributed by atoms with E-state index in [4.69, 9.17) is 0 Å². The van der Waals surface area contributed by atoms with E-state index >= 15 is 0 Å². The van der Waals surface area contributed by atoms with Crippen LogP contribution in [0.4, 0.5) is 13.2 Å². The van der Waals surface area contributed by atoms with Crippen LogP contribution >= 0.6 is 0 Å². The molecule has 2 aromatic carbocycles. The number of alkyl halides is 3. The minimum Gasteiger partial charge on any atom is -0.349 e. The molecule has 4 aromatic rings. The van der Waals surface area contributed by atoms with Crippen molar-refractivity contribution in [1.29, 1.82) is 0 Å². The summed E-state index contributed by atoms with van der Waals surface area (Å²) in [6.07, 6.45) is 5.63. The van der Waals surface area contributed by atoms with Gasteiger partial charge < -0.3 is 9.88 Å². The molecule has 2 aromatic heterocycles. The van der Waals surface area contributed by atoms with E-state index in [0.717, 1.165) is 49.4 Å². The molecule has 0 radical (unpaired) electrons. The van der Waals surface area contributed by atoms with Crippen molar-refractivity contribution in [2.75, 3.05) is 0 Å². The fourth-order valence-electron chi connectivity index (χ4n) is 5.63. The highest BCUT2D eigenvalue weighted by molar-refractivity contribution is 5.94. The zero-order valence-corrected chi connectivity index (χ0v) is 20.7. The predicted molar refractivity (Wildman–Crippen MR) is 139 cm³/mol. The summed E-state index contributed by atoms with van der Waals surface area (Å²) < 4.78 is 42.0. The van der Waals surface area contributed by atoms with Crippen molar-refractivity contribution < 1.29 is 18.0 Å². The monoisotopic (exact) mass is 505 g/mol. The number of halogens is 3. The maximum atomic E-state index is 13.3. The summed E-state index contributed by atoms with van der Waals surface area (Å²) in [4.78, 5) is 17.3. The van der Waals surface area contributed by atoms with Gasteiger partial charge in [-0.15, -0.1) is 0 Å². The molecule has 4 nitrogen and oxygen atoms in total. The number of nitrogens with zero attached hydrogens (tertiary/aromatic N) is 2. The van der Waals surface area contributed by atoms with Gasteiger partial charge in [-0.25, -0.2) is 0 Å². The predicted octanol–water partition coefficient (Wildman–Crippen LogP) is 7.53. The number of fused-ring (bicyclic) bond motifs is 1. The highest BCUT2D eigenvalue weighted by atomic mass is 19.4. The third kappa shape index (κ3) is 5.41. The Morgan fingerprint density at radius 1 is 1.03 bits per heavy atom. The second-order valence-electron chi connectivity index (χ2n) is 9.87. The molecular weight excluding hydrogens is 475 g/mol. The molecule has 2 heterocycles. The number of hydrogen-bond donors (Lipinski definition) is 1. The van der Waals surface area contributed by atoms with E-state index in [1.54, 1.807) is 6.20 Å². The zero-order chi connectivity index (χ0) is 26.0. The van der Waals surface area contributed by atoms with Crippen molar-refractivity contribution in [2.24, 2.45) is 5.92 Å². The Kier molecular flexibility index (Phi) is 7.04. The van der Waals surface area contributed by atoms with Gasteiger partial charge in [0, 0.05) is 41.3 Å². The highest BCUT2D eigenvalue weighted by Gasteiger charge is 2.32. The van der Waals surface area contributed by atoms with Crippen molar-refractivity contribution in [3.8, 4) is 5.69 Å². The van der Waals surface area contributed by atoms with Crippen molar-refractivity contribution in [2.45, 2.75) is 57.2 Å². The maximum absolute atomic E-state index is 13.3.